The van der Waals surface area contributed by atoms with Crippen molar-refractivity contribution in [3.63, 3.8) is 0 Å². The molecule has 2 atom stereocenters. The predicted molar refractivity (Wildman–Crippen MR) is 163 cm³/mol. The van der Waals surface area contributed by atoms with E-state index in [2.05, 4.69) is 0 Å². The van der Waals surface area contributed by atoms with E-state index in [1.807, 2.05) is 41.8 Å². The maximum atomic E-state index is 13.6. The van der Waals surface area contributed by atoms with E-state index in [9.17, 15) is 41.0 Å². The number of alkyl halides is 6. The van der Waals surface area contributed by atoms with E-state index in [-0.39, 0.29) is 30.9 Å². The van der Waals surface area contributed by atoms with Crippen LogP contribution in [0.2, 0.25) is 0 Å². The molecule has 3 aromatic rings. The van der Waals surface area contributed by atoms with Crippen LogP contribution < -0.4 is 4.90 Å². The largest absolute Gasteiger partial charge is 0.481 e. The Hall–Kier alpha value is -4.30. The number of ether oxygens (including phenoxy) is 1. The number of hydrogen-bond donors (Lipinski definition) is 1. The number of rotatable bonds is 10. The molecular weight excluding hydrogens is 644 g/mol. The fraction of sp³-hybridized carbons (Fsp3) is 0.515. The SMILES string of the molecule is CCN(CC1CCC(CC(=O)O)CC1)c1ncc(-c2cccn2C)nc1CN1C(=O)OC(c2cc(C(F)(F)F)cc(C(F)(F)F)c2)[C@@H]1C. The van der Waals surface area contributed by atoms with Crippen molar-refractivity contribution in [2.75, 3.05) is 18.0 Å². The molecule has 0 radical (unpaired) electrons. The minimum Gasteiger partial charge on any atom is -0.481 e. The summed E-state index contributed by atoms with van der Waals surface area (Å²) in [5.41, 5.74) is -1.76. The quantitative estimate of drug-likeness (QED) is 0.219. The summed E-state index contributed by atoms with van der Waals surface area (Å²) in [6.45, 7) is 4.43. The molecule has 260 valence electrons. The number of carboxylic acid groups (broad SMARTS) is 1. The maximum Gasteiger partial charge on any atom is 0.416 e. The zero-order valence-electron chi connectivity index (χ0n) is 26.7. The first-order valence-electron chi connectivity index (χ1n) is 15.8. The number of halogens is 6. The third-order valence-electron chi connectivity index (χ3n) is 9.27. The van der Waals surface area contributed by atoms with Crippen molar-refractivity contribution in [1.82, 2.24) is 19.4 Å². The number of hydrogen-bond acceptors (Lipinski definition) is 6. The molecule has 9 nitrogen and oxygen atoms in total. The Balaban J connectivity index is 1.45. The highest BCUT2D eigenvalue weighted by Gasteiger charge is 2.44. The lowest BCUT2D eigenvalue weighted by atomic mass is 9.80. The second kappa shape index (κ2) is 13.7. The highest BCUT2D eigenvalue weighted by molar-refractivity contribution is 5.71. The number of aromatic nitrogens is 3. The Morgan fingerprint density at radius 1 is 1.04 bits per heavy atom. The number of carbonyl (C=O) groups is 2. The Morgan fingerprint density at radius 2 is 1.67 bits per heavy atom. The number of benzene rings is 1. The fourth-order valence-corrected chi connectivity index (χ4v) is 6.65. The van der Waals surface area contributed by atoms with E-state index >= 15 is 0 Å². The van der Waals surface area contributed by atoms with Crippen molar-refractivity contribution in [3.05, 3.63) is 65.1 Å². The van der Waals surface area contributed by atoms with Crippen LogP contribution in [0.25, 0.3) is 11.4 Å². The van der Waals surface area contributed by atoms with Crippen LogP contribution in [0.15, 0.2) is 42.7 Å². The van der Waals surface area contributed by atoms with Crippen LogP contribution in [0.3, 0.4) is 0 Å². The summed E-state index contributed by atoms with van der Waals surface area (Å²) in [6.07, 6.45) is -5.55. The van der Waals surface area contributed by atoms with E-state index < -0.39 is 53.3 Å². The summed E-state index contributed by atoms with van der Waals surface area (Å²) < 4.78 is 88.9. The van der Waals surface area contributed by atoms with E-state index in [0.29, 0.717) is 42.4 Å². The van der Waals surface area contributed by atoms with Gasteiger partial charge in [-0.2, -0.15) is 26.3 Å². The number of amides is 1. The van der Waals surface area contributed by atoms with Gasteiger partial charge in [0.25, 0.3) is 0 Å². The molecule has 3 heterocycles. The fourth-order valence-electron chi connectivity index (χ4n) is 6.65. The van der Waals surface area contributed by atoms with Crippen LogP contribution in [-0.2, 0) is 35.5 Å². The molecule has 48 heavy (non-hydrogen) atoms. The predicted octanol–water partition coefficient (Wildman–Crippen LogP) is 7.71. The van der Waals surface area contributed by atoms with Crippen LogP contribution in [0.5, 0.6) is 0 Å². The highest BCUT2D eigenvalue weighted by Crippen LogP contribution is 2.41. The Bertz CT molecular complexity index is 1600. The summed E-state index contributed by atoms with van der Waals surface area (Å²) >= 11 is 0. The number of nitrogens with zero attached hydrogens (tertiary/aromatic N) is 5. The number of carbonyl (C=O) groups excluding carboxylic acids is 1. The van der Waals surface area contributed by atoms with Gasteiger partial charge in [0.05, 0.1) is 35.6 Å². The van der Waals surface area contributed by atoms with E-state index in [1.165, 1.54) is 11.8 Å². The first-order chi connectivity index (χ1) is 22.5. The average molecular weight is 682 g/mol. The molecule has 15 heteroatoms. The molecule has 1 amide bonds. The summed E-state index contributed by atoms with van der Waals surface area (Å²) in [7, 11) is 1.83. The lowest BCUT2D eigenvalue weighted by molar-refractivity contribution is -0.143. The molecule has 1 aromatic carbocycles. The first-order valence-corrected chi connectivity index (χ1v) is 15.8. The molecular formula is C33H37F6N5O4. The molecule has 0 spiro atoms. The Kier molecular flexibility index (Phi) is 9.97. The number of cyclic esters (lactones) is 1. The molecule has 5 rings (SSSR count). The van der Waals surface area contributed by atoms with Gasteiger partial charge in [-0.1, -0.05) is 0 Å². The van der Waals surface area contributed by atoms with Gasteiger partial charge in [-0.3, -0.25) is 9.69 Å². The monoisotopic (exact) mass is 681 g/mol. The minimum absolute atomic E-state index is 0.0393. The summed E-state index contributed by atoms with van der Waals surface area (Å²) in [4.78, 5) is 37.3. The van der Waals surface area contributed by atoms with Gasteiger partial charge in [0.1, 0.15) is 17.5 Å². The second-order valence-electron chi connectivity index (χ2n) is 12.6. The standard InChI is InChI=1S/C33H37F6N5O4/c1-4-43(17-21-9-7-20(8-10-21)12-28(45)46)30-26(41-25(16-40-30)27-6-5-11-42(27)3)18-44-19(2)29(48-31(44)47)22-13-23(32(34,35)36)15-24(14-22)33(37,38)39/h5-6,11,13-16,19-21,29H,4,7-10,12,17-18H2,1-3H3,(H,45,46)/t19-,20?,21?,29?/m0/s1. The van der Waals surface area contributed by atoms with Crippen molar-refractivity contribution in [3.8, 4) is 11.4 Å². The maximum absolute atomic E-state index is 13.6. The highest BCUT2D eigenvalue weighted by atomic mass is 19.4. The van der Waals surface area contributed by atoms with Gasteiger partial charge in [0, 0.05) is 32.8 Å². The van der Waals surface area contributed by atoms with Gasteiger partial charge < -0.3 is 19.3 Å². The van der Waals surface area contributed by atoms with E-state index in [4.69, 9.17) is 14.7 Å². The summed E-state index contributed by atoms with van der Waals surface area (Å²) in [6, 6.07) is 3.93. The number of carboxylic acids is 1. The second-order valence-corrected chi connectivity index (χ2v) is 12.6. The molecule has 1 aliphatic heterocycles. The summed E-state index contributed by atoms with van der Waals surface area (Å²) in [5, 5.41) is 9.17. The van der Waals surface area contributed by atoms with Gasteiger partial charge >= 0.3 is 24.4 Å². The Labute approximate surface area is 273 Å². The lowest BCUT2D eigenvalue weighted by Crippen LogP contribution is -2.36. The Morgan fingerprint density at radius 3 is 2.21 bits per heavy atom. The first kappa shape index (κ1) is 35.0. The average Bonchev–Trinajstić information content (AvgIpc) is 3.57. The van der Waals surface area contributed by atoms with Gasteiger partial charge in [0.2, 0.25) is 0 Å². The zero-order chi connectivity index (χ0) is 35.0. The minimum atomic E-state index is -5.05. The van der Waals surface area contributed by atoms with Crippen LogP contribution in [0.4, 0.5) is 37.0 Å². The molecule has 0 bridgehead atoms. The summed E-state index contributed by atoms with van der Waals surface area (Å²) in [5.74, 6) is 0.0806. The van der Waals surface area contributed by atoms with Crippen molar-refractivity contribution in [2.24, 2.45) is 18.9 Å². The van der Waals surface area contributed by atoms with Gasteiger partial charge in [-0.15, -0.1) is 0 Å². The van der Waals surface area contributed by atoms with Crippen LogP contribution >= 0.6 is 0 Å². The normalized spacial score (nSPS) is 21.8. The van der Waals surface area contributed by atoms with Crippen molar-refractivity contribution >= 4 is 17.9 Å². The van der Waals surface area contributed by atoms with E-state index in [0.717, 1.165) is 31.4 Å². The third kappa shape index (κ3) is 7.70. The molecule has 1 unspecified atom stereocenters. The van der Waals surface area contributed by atoms with Crippen molar-refractivity contribution in [2.45, 2.75) is 77.0 Å². The molecule has 1 aliphatic carbocycles. The van der Waals surface area contributed by atoms with Crippen molar-refractivity contribution < 1.29 is 45.8 Å². The van der Waals surface area contributed by atoms with Crippen molar-refractivity contribution in [1.29, 1.82) is 0 Å². The van der Waals surface area contributed by atoms with E-state index in [1.54, 1.807) is 6.20 Å². The lowest BCUT2D eigenvalue weighted by Gasteiger charge is -2.33. The van der Waals surface area contributed by atoms with Crippen LogP contribution in [0.1, 0.15) is 74.4 Å². The smallest absolute Gasteiger partial charge is 0.416 e. The van der Waals surface area contributed by atoms with Gasteiger partial charge in [0.15, 0.2) is 5.82 Å². The van der Waals surface area contributed by atoms with Crippen LogP contribution in [-0.4, -0.2) is 55.7 Å². The molecule has 2 fully saturated rings. The van der Waals surface area contributed by atoms with Gasteiger partial charge in [-0.25, -0.2) is 14.8 Å². The zero-order valence-corrected chi connectivity index (χ0v) is 26.7. The van der Waals surface area contributed by atoms with Gasteiger partial charge in [-0.05, 0) is 87.3 Å². The molecule has 1 saturated heterocycles. The molecule has 1 saturated carbocycles. The number of aryl methyl sites for hydroxylation is 1. The molecule has 1 N–H and O–H groups in total. The number of aliphatic carboxylic acids is 1. The number of anilines is 1. The topological polar surface area (TPSA) is 101 Å². The molecule has 2 aliphatic rings. The molecule has 2 aromatic heterocycles. The van der Waals surface area contributed by atoms with Crippen LogP contribution in [0, 0.1) is 11.8 Å². The third-order valence-corrected chi connectivity index (χ3v) is 9.27.